The van der Waals surface area contributed by atoms with Gasteiger partial charge in [-0.3, -0.25) is 4.79 Å². The second-order valence-corrected chi connectivity index (χ2v) is 13.3. The summed E-state index contributed by atoms with van der Waals surface area (Å²) in [5.41, 5.74) is 8.41. The van der Waals surface area contributed by atoms with Gasteiger partial charge in [-0.1, -0.05) is 51.1 Å². The third-order valence-electron chi connectivity index (χ3n) is 8.07. The Bertz CT molecular complexity index is 1860. The fourth-order valence-electron chi connectivity index (χ4n) is 5.66. The van der Waals surface area contributed by atoms with Gasteiger partial charge in [-0.25, -0.2) is 9.37 Å². The predicted molar refractivity (Wildman–Crippen MR) is 180 cm³/mol. The molecule has 1 amide bonds. The summed E-state index contributed by atoms with van der Waals surface area (Å²) in [6, 6.07) is 21.5. The van der Waals surface area contributed by atoms with Crippen LogP contribution < -0.4 is 15.4 Å². The van der Waals surface area contributed by atoms with E-state index in [2.05, 4.69) is 46.3 Å². The van der Waals surface area contributed by atoms with Crippen LogP contribution in [0.1, 0.15) is 37.5 Å². The number of amides is 1. The zero-order valence-electron chi connectivity index (χ0n) is 26.1. The van der Waals surface area contributed by atoms with Crippen LogP contribution in [0.4, 0.5) is 4.39 Å². The van der Waals surface area contributed by atoms with E-state index in [0.717, 1.165) is 68.8 Å². The van der Waals surface area contributed by atoms with Crippen LogP contribution in [-0.4, -0.2) is 37.8 Å². The van der Waals surface area contributed by atoms with Gasteiger partial charge in [0.1, 0.15) is 18.2 Å². The first-order chi connectivity index (χ1) is 21.7. The molecule has 0 saturated heterocycles. The number of nitrogens with one attached hydrogen (secondary N) is 2. The lowest BCUT2D eigenvalue weighted by atomic mass is 9.92. The lowest BCUT2D eigenvalue weighted by molar-refractivity contribution is -0.128. The van der Waals surface area contributed by atoms with Gasteiger partial charge in [-0.2, -0.15) is 0 Å². The van der Waals surface area contributed by atoms with Crippen LogP contribution in [0.5, 0.6) is 5.75 Å². The maximum atomic E-state index is 14.6. The minimum Gasteiger partial charge on any atom is -0.490 e. The zero-order chi connectivity index (χ0) is 31.6. The molecule has 1 aliphatic rings. The number of halogens is 1. The normalized spacial score (nSPS) is 13.1. The van der Waals surface area contributed by atoms with Crippen LogP contribution in [0.25, 0.3) is 43.7 Å². The van der Waals surface area contributed by atoms with Crippen LogP contribution in [0, 0.1) is 11.2 Å². The highest BCUT2D eigenvalue weighted by molar-refractivity contribution is 7.18. The number of aromatic nitrogens is 1. The van der Waals surface area contributed by atoms with E-state index >= 15 is 0 Å². The summed E-state index contributed by atoms with van der Waals surface area (Å²) in [5.74, 6) is 0.0491. The number of benzene rings is 3. The Labute approximate surface area is 267 Å². The van der Waals surface area contributed by atoms with Crippen molar-refractivity contribution < 1.29 is 18.7 Å². The molecule has 0 saturated carbocycles. The van der Waals surface area contributed by atoms with E-state index in [4.69, 9.17) is 14.5 Å². The van der Waals surface area contributed by atoms with Gasteiger partial charge in [0, 0.05) is 64.0 Å². The number of hydrogen-bond acceptors (Lipinski definition) is 6. The Morgan fingerprint density at radius 1 is 1.00 bits per heavy atom. The number of carbonyl (C=O) groups excluding carboxylic acids is 1. The smallest absolute Gasteiger partial charge is 0.225 e. The van der Waals surface area contributed by atoms with Gasteiger partial charge in [0.2, 0.25) is 5.91 Å². The van der Waals surface area contributed by atoms with Gasteiger partial charge in [0.25, 0.3) is 0 Å². The lowest BCUT2D eigenvalue weighted by Crippen LogP contribution is -2.34. The van der Waals surface area contributed by atoms with E-state index in [1.807, 2.05) is 39.0 Å². The Balaban J connectivity index is 1.54. The first-order valence-corrected chi connectivity index (χ1v) is 16.1. The summed E-state index contributed by atoms with van der Waals surface area (Å²) in [6.45, 7) is 8.59. The Morgan fingerprint density at radius 2 is 1.84 bits per heavy atom. The van der Waals surface area contributed by atoms with Gasteiger partial charge < -0.3 is 20.1 Å². The molecule has 232 valence electrons. The van der Waals surface area contributed by atoms with E-state index in [0.29, 0.717) is 18.9 Å². The second kappa shape index (κ2) is 13.1. The maximum Gasteiger partial charge on any atom is 0.225 e. The van der Waals surface area contributed by atoms with Crippen LogP contribution in [0.3, 0.4) is 0 Å². The molecular weight excluding hydrogens is 585 g/mol. The molecule has 5 aromatic rings. The van der Waals surface area contributed by atoms with E-state index in [9.17, 15) is 9.18 Å². The molecule has 2 aromatic heterocycles. The summed E-state index contributed by atoms with van der Waals surface area (Å²) in [6.07, 6.45) is 0.973. The highest BCUT2D eigenvalue weighted by Gasteiger charge is 2.24. The van der Waals surface area contributed by atoms with Crippen LogP contribution in [0.15, 0.2) is 72.1 Å². The van der Waals surface area contributed by atoms with E-state index in [-0.39, 0.29) is 18.3 Å². The number of methoxy groups -OCH3 is 1. The van der Waals surface area contributed by atoms with Crippen molar-refractivity contribution >= 4 is 27.3 Å². The number of pyridine rings is 1. The number of rotatable bonds is 9. The van der Waals surface area contributed by atoms with E-state index in [1.165, 1.54) is 23.3 Å². The largest absolute Gasteiger partial charge is 0.490 e. The minimum absolute atomic E-state index is 0.0132. The molecule has 3 aromatic carbocycles. The van der Waals surface area contributed by atoms with Crippen LogP contribution in [-0.2, 0) is 29.0 Å². The molecule has 6 nitrogen and oxygen atoms in total. The zero-order valence-corrected chi connectivity index (χ0v) is 26.9. The fourth-order valence-corrected chi connectivity index (χ4v) is 6.62. The molecule has 0 unspecified atom stereocenters. The summed E-state index contributed by atoms with van der Waals surface area (Å²) in [7, 11) is 1.61. The summed E-state index contributed by atoms with van der Waals surface area (Å²) in [4.78, 5) is 18.1. The Kier molecular flexibility index (Phi) is 8.99. The van der Waals surface area contributed by atoms with Crippen molar-refractivity contribution in [2.45, 2.75) is 40.3 Å². The van der Waals surface area contributed by atoms with Crippen molar-refractivity contribution in [2.24, 2.45) is 5.41 Å². The monoisotopic (exact) mass is 623 g/mol. The maximum absolute atomic E-state index is 14.6. The molecule has 3 heterocycles. The number of carbonyl (C=O) groups is 1. The second-order valence-electron chi connectivity index (χ2n) is 12.4. The summed E-state index contributed by atoms with van der Waals surface area (Å²) < 4.78 is 26.9. The first kappa shape index (κ1) is 30.9. The predicted octanol–water partition coefficient (Wildman–Crippen LogP) is 7.77. The topological polar surface area (TPSA) is 72.5 Å². The molecule has 8 heteroatoms. The summed E-state index contributed by atoms with van der Waals surface area (Å²) >= 11 is 1.64. The summed E-state index contributed by atoms with van der Waals surface area (Å²) in [5, 5.41) is 9.63. The van der Waals surface area contributed by atoms with Gasteiger partial charge in [0.05, 0.1) is 18.0 Å². The molecule has 0 spiro atoms. The quantitative estimate of drug-likeness (QED) is 0.164. The lowest BCUT2D eigenvalue weighted by Gasteiger charge is -2.20. The number of ether oxygens (including phenoxy) is 2. The SMILES string of the molecule is COCCOc1cc(F)ccc1-c1c(-c2cccc(CNC(=O)C(C)(C)C)c2)nc(-c2ccc3c(c2)CCNC3)c2ccsc12. The van der Waals surface area contributed by atoms with Gasteiger partial charge in [-0.15, -0.1) is 11.3 Å². The number of thiophene rings is 1. The number of nitrogens with zero attached hydrogens (tertiary/aromatic N) is 1. The van der Waals surface area contributed by atoms with Gasteiger partial charge in [0.15, 0.2) is 0 Å². The fraction of sp³-hybridized carbons (Fsp3) is 0.297. The highest BCUT2D eigenvalue weighted by Crippen LogP contribution is 2.46. The average Bonchev–Trinajstić information content (AvgIpc) is 3.53. The Hall–Kier alpha value is -4.11. The van der Waals surface area contributed by atoms with Crippen molar-refractivity contribution in [3.63, 3.8) is 0 Å². The molecule has 1 aliphatic heterocycles. The third kappa shape index (κ3) is 6.64. The van der Waals surface area contributed by atoms with Crippen molar-refractivity contribution in [1.29, 1.82) is 0 Å². The number of fused-ring (bicyclic) bond motifs is 2. The Morgan fingerprint density at radius 3 is 2.67 bits per heavy atom. The average molecular weight is 624 g/mol. The first-order valence-electron chi connectivity index (χ1n) is 15.3. The van der Waals surface area contributed by atoms with Crippen molar-refractivity contribution in [3.05, 3.63) is 94.6 Å². The molecule has 0 aliphatic carbocycles. The van der Waals surface area contributed by atoms with Crippen molar-refractivity contribution in [1.82, 2.24) is 15.6 Å². The minimum atomic E-state index is -0.488. The third-order valence-corrected chi connectivity index (χ3v) is 9.00. The van der Waals surface area contributed by atoms with E-state index in [1.54, 1.807) is 24.5 Å². The highest BCUT2D eigenvalue weighted by atomic mass is 32.1. The standard InChI is InChI=1S/C37H38FN3O3S/c1-37(2,3)36(42)40-21-23-6-5-7-25(18-23)34-32(29-11-10-28(38)20-31(29)44-16-15-43-4)35-30(13-17-45-35)33(41-34)26-8-9-27-22-39-14-12-24(27)19-26/h5-11,13,17-20,39H,12,14-16,21-22H2,1-4H3,(H,40,42). The molecule has 2 N–H and O–H groups in total. The molecule has 6 rings (SSSR count). The van der Waals surface area contributed by atoms with Gasteiger partial charge >= 0.3 is 0 Å². The molecule has 0 radical (unpaired) electrons. The molecule has 0 bridgehead atoms. The molecule has 45 heavy (non-hydrogen) atoms. The number of hydrogen-bond donors (Lipinski definition) is 2. The molecule has 0 fully saturated rings. The van der Waals surface area contributed by atoms with Crippen molar-refractivity contribution in [3.8, 4) is 39.4 Å². The molecule has 0 atom stereocenters. The van der Waals surface area contributed by atoms with Crippen molar-refractivity contribution in [2.75, 3.05) is 26.9 Å². The van der Waals surface area contributed by atoms with E-state index < -0.39 is 5.41 Å². The van der Waals surface area contributed by atoms with Crippen LogP contribution in [0.2, 0.25) is 0 Å². The van der Waals surface area contributed by atoms with Crippen LogP contribution >= 0.6 is 11.3 Å². The molecular formula is C37H38FN3O3S. The van der Waals surface area contributed by atoms with Gasteiger partial charge in [-0.05, 0) is 65.4 Å².